The van der Waals surface area contributed by atoms with Crippen LogP contribution >= 0.6 is 0 Å². The number of carbonyl (C=O) groups excluding carboxylic acids is 1. The fourth-order valence-electron chi connectivity index (χ4n) is 2.95. The third-order valence-electron chi connectivity index (χ3n) is 5.23. The van der Waals surface area contributed by atoms with Gasteiger partial charge in [0.15, 0.2) is 0 Å². The van der Waals surface area contributed by atoms with Crippen molar-refractivity contribution >= 4 is 30.1 Å². The number of aliphatic hydroxyl groups is 1. The van der Waals surface area contributed by atoms with E-state index in [-0.39, 0.29) is 12.6 Å². The van der Waals surface area contributed by atoms with Crippen molar-refractivity contribution in [2.24, 2.45) is 0 Å². The average Bonchev–Trinajstić information content (AvgIpc) is 3.10. The first-order chi connectivity index (χ1) is 12.7. The highest BCUT2D eigenvalue weighted by molar-refractivity contribution is 6.55. The molecular weight excluding hydrogens is 345 g/mol. The molecule has 0 bridgehead atoms. The summed E-state index contributed by atoms with van der Waals surface area (Å²) in [6.07, 6.45) is 1.85. The zero-order chi connectivity index (χ0) is 19.8. The van der Waals surface area contributed by atoms with Crippen LogP contribution in [-0.2, 0) is 14.0 Å². The number of fused-ring (bicyclic) bond motifs is 1. The summed E-state index contributed by atoms with van der Waals surface area (Å²) in [5, 5.41) is 10.8. The van der Waals surface area contributed by atoms with E-state index in [1.807, 2.05) is 52.0 Å². The van der Waals surface area contributed by atoms with Gasteiger partial charge in [0.2, 0.25) is 0 Å². The molecule has 6 nitrogen and oxygen atoms in total. The van der Waals surface area contributed by atoms with Gasteiger partial charge in [-0.15, -0.1) is 0 Å². The Hall–Kier alpha value is -2.09. The Morgan fingerprint density at radius 2 is 1.89 bits per heavy atom. The van der Waals surface area contributed by atoms with E-state index in [1.54, 1.807) is 13.0 Å². The first-order valence-electron chi connectivity index (χ1n) is 9.13. The van der Waals surface area contributed by atoms with Gasteiger partial charge in [0.1, 0.15) is 5.69 Å². The number of esters is 1. The molecule has 0 spiro atoms. The minimum Gasteiger partial charge on any atom is -0.461 e. The van der Waals surface area contributed by atoms with Crippen molar-refractivity contribution in [3.05, 3.63) is 41.0 Å². The normalized spacial score (nSPS) is 18.9. The molecule has 2 N–H and O–H groups in total. The van der Waals surface area contributed by atoms with Gasteiger partial charge < -0.3 is 24.1 Å². The molecule has 7 heteroatoms. The van der Waals surface area contributed by atoms with Crippen molar-refractivity contribution in [1.29, 1.82) is 0 Å². The van der Waals surface area contributed by atoms with E-state index in [1.165, 1.54) is 0 Å². The molecule has 2 heterocycles. The average molecular weight is 371 g/mol. The second-order valence-electron chi connectivity index (χ2n) is 7.72. The second-order valence-corrected chi connectivity index (χ2v) is 7.72. The van der Waals surface area contributed by atoms with Crippen LogP contribution in [0.25, 0.3) is 17.0 Å². The summed E-state index contributed by atoms with van der Waals surface area (Å²) in [5.41, 5.74) is 1.82. The number of H-pyrrole nitrogens is 1. The quantitative estimate of drug-likeness (QED) is 0.622. The van der Waals surface area contributed by atoms with Crippen molar-refractivity contribution in [1.82, 2.24) is 4.98 Å². The van der Waals surface area contributed by atoms with E-state index >= 15 is 0 Å². The fraction of sp³-hybridized carbons (Fsp3) is 0.450. The van der Waals surface area contributed by atoms with Crippen LogP contribution < -0.4 is 0 Å². The molecular formula is C20H26BNO5. The zero-order valence-corrected chi connectivity index (χ0v) is 16.5. The van der Waals surface area contributed by atoms with Gasteiger partial charge >= 0.3 is 13.1 Å². The molecule has 144 valence electrons. The highest BCUT2D eigenvalue weighted by Crippen LogP contribution is 2.38. The molecule has 0 aliphatic carbocycles. The monoisotopic (exact) mass is 371 g/mol. The molecule has 3 rings (SSSR count). The van der Waals surface area contributed by atoms with Gasteiger partial charge in [-0.2, -0.15) is 0 Å². The standard InChI is InChI=1S/C20H26BNO5/c1-6-25-18(24)17-11-14-8-7-13(10-16(14)22-17)9-15(12-23)21-26-19(2,3)20(4,5)27-21/h7-11,22-23H,6,12H2,1-5H3. The van der Waals surface area contributed by atoms with Crippen LogP contribution in [0.2, 0.25) is 0 Å². The van der Waals surface area contributed by atoms with Crippen LogP contribution in [0.3, 0.4) is 0 Å². The maximum absolute atomic E-state index is 11.9. The number of benzene rings is 1. The van der Waals surface area contributed by atoms with E-state index in [0.717, 1.165) is 16.5 Å². The summed E-state index contributed by atoms with van der Waals surface area (Å²) in [6, 6.07) is 7.52. The Bertz CT molecular complexity index is 868. The molecule has 1 aliphatic rings. The van der Waals surface area contributed by atoms with Crippen molar-refractivity contribution < 1.29 is 23.9 Å². The first-order valence-corrected chi connectivity index (χ1v) is 9.13. The predicted octanol–water partition coefficient (Wildman–Crippen LogP) is 3.35. The first kappa shape index (κ1) is 19.7. The predicted molar refractivity (Wildman–Crippen MR) is 105 cm³/mol. The lowest BCUT2D eigenvalue weighted by molar-refractivity contribution is 0.00578. The van der Waals surface area contributed by atoms with Crippen LogP contribution in [0.5, 0.6) is 0 Å². The Kier molecular flexibility index (Phi) is 5.21. The smallest absolute Gasteiger partial charge is 0.461 e. The maximum atomic E-state index is 11.9. The van der Waals surface area contributed by atoms with Crippen molar-refractivity contribution in [3.8, 4) is 0 Å². The Morgan fingerprint density at radius 3 is 2.48 bits per heavy atom. The van der Waals surface area contributed by atoms with Gasteiger partial charge in [0.25, 0.3) is 0 Å². The molecule has 0 atom stereocenters. The van der Waals surface area contributed by atoms with E-state index in [4.69, 9.17) is 14.0 Å². The summed E-state index contributed by atoms with van der Waals surface area (Å²) in [6.45, 7) is 9.83. The number of hydrogen-bond acceptors (Lipinski definition) is 5. The second kappa shape index (κ2) is 7.15. The SMILES string of the molecule is CCOC(=O)c1cc2ccc(C=C(CO)B3OC(C)(C)C(C)(C)O3)cc2[nH]1. The maximum Gasteiger partial charge on any atom is 0.492 e. The third-order valence-corrected chi connectivity index (χ3v) is 5.23. The molecule has 0 saturated carbocycles. The molecule has 1 aromatic heterocycles. The topological polar surface area (TPSA) is 80.8 Å². The van der Waals surface area contributed by atoms with Gasteiger partial charge in [0, 0.05) is 10.9 Å². The van der Waals surface area contributed by atoms with Gasteiger partial charge in [0.05, 0.1) is 24.4 Å². The summed E-state index contributed by atoms with van der Waals surface area (Å²) in [4.78, 5) is 15.0. The summed E-state index contributed by atoms with van der Waals surface area (Å²) in [7, 11) is -0.602. The largest absolute Gasteiger partial charge is 0.492 e. The molecule has 1 aromatic carbocycles. The van der Waals surface area contributed by atoms with E-state index in [9.17, 15) is 9.90 Å². The minimum absolute atomic E-state index is 0.173. The number of rotatable bonds is 5. The van der Waals surface area contributed by atoms with Crippen LogP contribution in [-0.4, -0.2) is 47.6 Å². The number of aromatic nitrogens is 1. The number of ether oxygens (including phenoxy) is 1. The van der Waals surface area contributed by atoms with Gasteiger partial charge in [-0.25, -0.2) is 4.79 Å². The minimum atomic E-state index is -0.602. The highest BCUT2D eigenvalue weighted by atomic mass is 16.7. The van der Waals surface area contributed by atoms with Crippen molar-refractivity contribution in [3.63, 3.8) is 0 Å². The third kappa shape index (κ3) is 3.81. The molecule has 1 fully saturated rings. The molecule has 0 unspecified atom stereocenters. The lowest BCUT2D eigenvalue weighted by Gasteiger charge is -2.32. The Balaban J connectivity index is 1.88. The van der Waals surface area contributed by atoms with Crippen LogP contribution in [0.1, 0.15) is 50.7 Å². The summed E-state index contributed by atoms with van der Waals surface area (Å²) >= 11 is 0. The van der Waals surface area contributed by atoms with E-state index in [2.05, 4.69) is 4.98 Å². The molecule has 0 amide bonds. The van der Waals surface area contributed by atoms with Crippen LogP contribution in [0.15, 0.2) is 29.7 Å². The lowest BCUT2D eigenvalue weighted by Crippen LogP contribution is -2.41. The van der Waals surface area contributed by atoms with Crippen LogP contribution in [0.4, 0.5) is 0 Å². The zero-order valence-electron chi connectivity index (χ0n) is 16.5. The van der Waals surface area contributed by atoms with Crippen molar-refractivity contribution in [2.75, 3.05) is 13.2 Å². The molecule has 0 radical (unpaired) electrons. The Labute approximate surface area is 159 Å². The van der Waals surface area contributed by atoms with Gasteiger partial charge in [-0.3, -0.25) is 0 Å². The molecule has 2 aromatic rings. The van der Waals surface area contributed by atoms with E-state index in [0.29, 0.717) is 17.8 Å². The summed E-state index contributed by atoms with van der Waals surface area (Å²) < 4.78 is 17.1. The van der Waals surface area contributed by atoms with Gasteiger partial charge in [-0.05, 0) is 57.8 Å². The lowest BCUT2D eigenvalue weighted by atomic mass is 9.77. The number of nitrogens with one attached hydrogen (secondary N) is 1. The number of aromatic amines is 1. The molecule has 1 aliphatic heterocycles. The fourth-order valence-corrected chi connectivity index (χ4v) is 2.95. The highest BCUT2D eigenvalue weighted by Gasteiger charge is 2.52. The van der Waals surface area contributed by atoms with Crippen LogP contribution in [0, 0.1) is 0 Å². The van der Waals surface area contributed by atoms with Crippen molar-refractivity contribution in [2.45, 2.75) is 45.8 Å². The summed E-state index contributed by atoms with van der Waals surface area (Å²) in [5.74, 6) is -0.376. The molecule has 27 heavy (non-hydrogen) atoms. The number of aliphatic hydroxyl groups excluding tert-OH is 1. The number of carbonyl (C=O) groups is 1. The number of hydrogen-bond donors (Lipinski definition) is 2. The molecule has 1 saturated heterocycles. The van der Waals surface area contributed by atoms with E-state index < -0.39 is 18.3 Å². The Morgan fingerprint density at radius 1 is 1.22 bits per heavy atom. The van der Waals surface area contributed by atoms with Gasteiger partial charge in [-0.1, -0.05) is 18.2 Å².